The Bertz CT molecular complexity index is 656. The third kappa shape index (κ3) is 3.20. The second-order valence-corrected chi connectivity index (χ2v) is 4.51. The highest BCUT2D eigenvalue weighted by Crippen LogP contribution is 2.31. The lowest BCUT2D eigenvalue weighted by atomic mass is 9.86. The van der Waals surface area contributed by atoms with Crippen LogP contribution in [0.2, 0.25) is 0 Å². The number of ether oxygens (including phenoxy) is 1. The van der Waals surface area contributed by atoms with Gasteiger partial charge in [0.1, 0.15) is 5.75 Å². The Morgan fingerprint density at radius 2 is 1.45 bits per heavy atom. The van der Waals surface area contributed by atoms with Gasteiger partial charge in [-0.25, -0.2) is 0 Å². The molecule has 0 heterocycles. The molecule has 22 heavy (non-hydrogen) atoms. The first-order chi connectivity index (χ1) is 10.2. The van der Waals surface area contributed by atoms with Crippen molar-refractivity contribution in [3.8, 4) is 5.75 Å². The zero-order valence-electron chi connectivity index (χ0n) is 11.2. The summed E-state index contributed by atoms with van der Waals surface area (Å²) in [4.78, 5) is 11.7. The fourth-order valence-corrected chi connectivity index (χ4v) is 2.03. The van der Waals surface area contributed by atoms with E-state index in [0.29, 0.717) is 0 Å². The van der Waals surface area contributed by atoms with Gasteiger partial charge < -0.3 is 15.6 Å². The molecule has 0 spiro atoms. The van der Waals surface area contributed by atoms with Crippen LogP contribution in [-0.4, -0.2) is 17.4 Å². The Morgan fingerprint density at radius 1 is 0.955 bits per heavy atom. The molecule has 0 bridgehead atoms. The zero-order valence-corrected chi connectivity index (χ0v) is 11.2. The number of benzene rings is 2. The Labute approximate surface area is 123 Å². The number of hydrogen-bond donors (Lipinski definition) is 2. The van der Waals surface area contributed by atoms with Crippen molar-refractivity contribution in [2.75, 3.05) is 0 Å². The van der Waals surface area contributed by atoms with Gasteiger partial charge in [0.2, 0.25) is 0 Å². The molecule has 2 rings (SSSR count). The molecule has 0 saturated carbocycles. The molecule has 0 aliphatic carbocycles. The summed E-state index contributed by atoms with van der Waals surface area (Å²) in [6, 6.07) is 12.2. The van der Waals surface area contributed by atoms with Crippen molar-refractivity contribution >= 4 is 5.91 Å². The lowest BCUT2D eigenvalue weighted by Gasteiger charge is -2.25. The summed E-state index contributed by atoms with van der Waals surface area (Å²) in [6.45, 7) is 0. The van der Waals surface area contributed by atoms with Gasteiger partial charge in [0.25, 0.3) is 5.91 Å². The molecule has 3 N–H and O–H groups in total. The van der Waals surface area contributed by atoms with Gasteiger partial charge in [-0.2, -0.15) is 0 Å². The van der Waals surface area contributed by atoms with Gasteiger partial charge >= 0.3 is 6.36 Å². The second-order valence-electron chi connectivity index (χ2n) is 4.51. The monoisotopic (exact) mass is 311 g/mol. The average Bonchev–Trinajstić information content (AvgIpc) is 2.46. The van der Waals surface area contributed by atoms with E-state index in [2.05, 4.69) is 4.74 Å². The summed E-state index contributed by atoms with van der Waals surface area (Å²) in [5.41, 5.74) is 3.39. The highest BCUT2D eigenvalue weighted by Gasteiger charge is 2.38. The molecule has 0 fully saturated rings. The van der Waals surface area contributed by atoms with Gasteiger partial charge in [0.15, 0.2) is 5.60 Å². The van der Waals surface area contributed by atoms with Crippen molar-refractivity contribution in [2.45, 2.75) is 12.0 Å². The first-order valence-electron chi connectivity index (χ1n) is 6.17. The van der Waals surface area contributed by atoms with E-state index in [1.165, 1.54) is 12.1 Å². The maximum absolute atomic E-state index is 12.1. The number of rotatable bonds is 4. The molecule has 2 aromatic rings. The van der Waals surface area contributed by atoms with E-state index >= 15 is 0 Å². The second kappa shape index (κ2) is 5.69. The molecule has 1 atom stereocenters. The quantitative estimate of drug-likeness (QED) is 0.910. The molecule has 7 heteroatoms. The number of amides is 1. The van der Waals surface area contributed by atoms with Crippen LogP contribution in [-0.2, 0) is 10.4 Å². The SMILES string of the molecule is NC(=O)C(O)(c1ccccc1)c1ccc(OC(F)(F)F)cc1. The molecular formula is C15H12F3NO3. The largest absolute Gasteiger partial charge is 0.573 e. The molecule has 0 aromatic heterocycles. The number of halogens is 3. The number of hydrogen-bond acceptors (Lipinski definition) is 3. The topological polar surface area (TPSA) is 72.6 Å². The molecule has 1 amide bonds. The third-order valence-electron chi connectivity index (χ3n) is 3.05. The van der Waals surface area contributed by atoms with Crippen molar-refractivity contribution in [1.29, 1.82) is 0 Å². The third-order valence-corrected chi connectivity index (χ3v) is 3.05. The number of nitrogens with two attached hydrogens (primary N) is 1. The van der Waals surface area contributed by atoms with Gasteiger partial charge in [-0.3, -0.25) is 4.79 Å². The summed E-state index contributed by atoms with van der Waals surface area (Å²) in [7, 11) is 0. The van der Waals surface area contributed by atoms with E-state index in [0.717, 1.165) is 24.3 Å². The normalized spacial score (nSPS) is 14.2. The van der Waals surface area contributed by atoms with Crippen molar-refractivity contribution in [3.63, 3.8) is 0 Å². The van der Waals surface area contributed by atoms with Gasteiger partial charge in [-0.05, 0) is 23.3 Å². The minimum atomic E-state index is -4.82. The van der Waals surface area contributed by atoms with Crippen LogP contribution in [0, 0.1) is 0 Å². The van der Waals surface area contributed by atoms with Crippen molar-refractivity contribution in [2.24, 2.45) is 5.73 Å². The summed E-state index contributed by atoms with van der Waals surface area (Å²) in [5, 5.41) is 10.6. The number of alkyl halides is 3. The highest BCUT2D eigenvalue weighted by atomic mass is 19.4. The van der Waals surface area contributed by atoms with Crippen LogP contribution in [0.5, 0.6) is 5.75 Å². The van der Waals surface area contributed by atoms with Crippen LogP contribution in [0.25, 0.3) is 0 Å². The predicted octanol–water partition coefficient (Wildman–Crippen LogP) is 2.31. The number of aliphatic hydroxyl groups is 1. The molecule has 0 saturated heterocycles. The maximum Gasteiger partial charge on any atom is 0.573 e. The molecular weight excluding hydrogens is 299 g/mol. The minimum Gasteiger partial charge on any atom is -0.406 e. The molecule has 0 aliphatic heterocycles. The molecule has 2 aromatic carbocycles. The standard InChI is InChI=1S/C15H12F3NO3/c16-15(17,18)22-12-8-6-11(7-9-12)14(21,13(19)20)10-4-2-1-3-5-10/h1-9,21H,(H2,19,20). The summed E-state index contributed by atoms with van der Waals surface area (Å²) in [6.07, 6.45) is -4.82. The summed E-state index contributed by atoms with van der Waals surface area (Å²) in [5.74, 6) is -1.50. The van der Waals surface area contributed by atoms with Crippen LogP contribution < -0.4 is 10.5 Å². The Morgan fingerprint density at radius 3 is 1.91 bits per heavy atom. The van der Waals surface area contributed by atoms with Crippen molar-refractivity contribution < 1.29 is 27.8 Å². The van der Waals surface area contributed by atoms with Crippen LogP contribution in [0.15, 0.2) is 54.6 Å². The summed E-state index contributed by atoms with van der Waals surface area (Å²) >= 11 is 0. The summed E-state index contributed by atoms with van der Waals surface area (Å²) < 4.78 is 40.1. The van der Waals surface area contributed by atoms with Gasteiger partial charge in [0.05, 0.1) is 0 Å². The molecule has 0 aliphatic rings. The number of carbonyl (C=O) groups excluding carboxylic acids is 1. The Balaban J connectivity index is 2.41. The lowest BCUT2D eigenvalue weighted by molar-refractivity contribution is -0.274. The van der Waals surface area contributed by atoms with Crippen molar-refractivity contribution in [1.82, 2.24) is 0 Å². The fraction of sp³-hybridized carbons (Fsp3) is 0.133. The van der Waals surface area contributed by atoms with E-state index in [-0.39, 0.29) is 11.1 Å². The van der Waals surface area contributed by atoms with E-state index in [1.807, 2.05) is 0 Å². The smallest absolute Gasteiger partial charge is 0.406 e. The van der Waals surface area contributed by atoms with Crippen LogP contribution in [0.3, 0.4) is 0 Å². The predicted molar refractivity (Wildman–Crippen MR) is 71.8 cm³/mol. The minimum absolute atomic E-state index is 0.0423. The molecule has 116 valence electrons. The number of primary amides is 1. The zero-order chi connectivity index (χ0) is 16.4. The van der Waals surface area contributed by atoms with Crippen LogP contribution in [0.4, 0.5) is 13.2 Å². The van der Waals surface area contributed by atoms with Crippen LogP contribution in [0.1, 0.15) is 11.1 Å². The fourth-order valence-electron chi connectivity index (χ4n) is 2.03. The van der Waals surface area contributed by atoms with E-state index in [4.69, 9.17) is 5.73 Å². The van der Waals surface area contributed by atoms with E-state index < -0.39 is 23.6 Å². The van der Waals surface area contributed by atoms with Crippen LogP contribution >= 0.6 is 0 Å². The molecule has 0 radical (unpaired) electrons. The highest BCUT2D eigenvalue weighted by molar-refractivity contribution is 5.88. The van der Waals surface area contributed by atoms with Gasteiger partial charge in [-0.1, -0.05) is 42.5 Å². The number of carbonyl (C=O) groups is 1. The van der Waals surface area contributed by atoms with Gasteiger partial charge in [-0.15, -0.1) is 13.2 Å². The average molecular weight is 311 g/mol. The lowest BCUT2D eigenvalue weighted by Crippen LogP contribution is -2.42. The molecule has 4 nitrogen and oxygen atoms in total. The van der Waals surface area contributed by atoms with Gasteiger partial charge in [0, 0.05) is 0 Å². The first-order valence-corrected chi connectivity index (χ1v) is 6.17. The molecule has 1 unspecified atom stereocenters. The van der Waals surface area contributed by atoms with E-state index in [9.17, 15) is 23.1 Å². The van der Waals surface area contributed by atoms with E-state index in [1.54, 1.807) is 18.2 Å². The maximum atomic E-state index is 12.1. The Kier molecular flexibility index (Phi) is 4.09. The van der Waals surface area contributed by atoms with Crippen molar-refractivity contribution in [3.05, 3.63) is 65.7 Å². The Hall–Kier alpha value is -2.54. The first kappa shape index (κ1) is 15.8.